The second-order valence-corrected chi connectivity index (χ2v) is 2.36. The van der Waals surface area contributed by atoms with Crippen LogP contribution in [0.4, 0.5) is 0 Å². The Morgan fingerprint density at radius 2 is 1.71 bits per heavy atom. The van der Waals surface area contributed by atoms with Gasteiger partial charge in [-0.25, -0.2) is 0 Å². The molecular weight excluding hydrogens is 84.1 g/mol. The number of allylic oxidation sites excluding steroid dienone is 2. The van der Waals surface area contributed by atoms with Crippen LogP contribution in [0, 0.1) is 5.92 Å². The lowest BCUT2D eigenvalue weighted by molar-refractivity contribution is 0.840. The third-order valence-electron chi connectivity index (χ3n) is 1.81. The third kappa shape index (κ3) is 0.583. The molecule has 1 aliphatic rings. The fourth-order valence-electron chi connectivity index (χ4n) is 0.920. The van der Waals surface area contributed by atoms with Gasteiger partial charge in [0.25, 0.3) is 0 Å². The summed E-state index contributed by atoms with van der Waals surface area (Å²) in [6.45, 7) is 6.58. The molecule has 1 aliphatic carbocycles. The number of rotatable bonds is 0. The molecule has 1 radical (unpaired) electrons. The molecule has 0 spiro atoms. The fourth-order valence-corrected chi connectivity index (χ4v) is 0.920. The lowest BCUT2D eigenvalue weighted by atomic mass is 9.81. The van der Waals surface area contributed by atoms with Gasteiger partial charge < -0.3 is 0 Å². The molecule has 0 amide bonds. The van der Waals surface area contributed by atoms with Crippen molar-refractivity contribution in [2.45, 2.75) is 27.2 Å². The van der Waals surface area contributed by atoms with Gasteiger partial charge in [-0.1, -0.05) is 18.1 Å². The molecule has 0 N–H and O–H groups in total. The summed E-state index contributed by atoms with van der Waals surface area (Å²) in [5.74, 6) is 1.57. The largest absolute Gasteiger partial charge is 0.0729 e. The molecule has 1 rings (SSSR count). The normalized spacial score (nSPS) is 22.7. The van der Waals surface area contributed by atoms with Crippen molar-refractivity contribution in [3.63, 3.8) is 0 Å². The first-order chi connectivity index (χ1) is 3.22. The predicted octanol–water partition coefficient (Wildman–Crippen LogP) is 2.32. The van der Waals surface area contributed by atoms with Crippen molar-refractivity contribution in [1.82, 2.24) is 0 Å². The quantitative estimate of drug-likeness (QED) is 0.433. The Bertz CT molecular complexity index is 109. The third-order valence-corrected chi connectivity index (χ3v) is 1.81. The summed E-state index contributed by atoms with van der Waals surface area (Å²) in [6.07, 6.45) is 1.26. The molecule has 0 unspecified atom stereocenters. The number of hydrogen-bond acceptors (Lipinski definition) is 0. The summed E-state index contributed by atoms with van der Waals surface area (Å²) in [6, 6.07) is 0. The van der Waals surface area contributed by atoms with Crippen LogP contribution >= 0.6 is 0 Å². The molecule has 0 aromatic carbocycles. The first kappa shape index (κ1) is 4.89. The Kier molecular flexibility index (Phi) is 0.949. The van der Waals surface area contributed by atoms with Gasteiger partial charge in [0.1, 0.15) is 0 Å². The zero-order valence-electron chi connectivity index (χ0n) is 5.21. The molecule has 0 saturated carbocycles. The Hall–Kier alpha value is -0.260. The zero-order chi connectivity index (χ0) is 5.44. The minimum Gasteiger partial charge on any atom is -0.0729 e. The van der Waals surface area contributed by atoms with Crippen LogP contribution in [-0.2, 0) is 0 Å². The SMILES string of the molecule is C[C]1CC(C)=C1C. The number of hydrogen-bond donors (Lipinski definition) is 0. The van der Waals surface area contributed by atoms with Gasteiger partial charge in [-0.3, -0.25) is 0 Å². The van der Waals surface area contributed by atoms with E-state index in [-0.39, 0.29) is 0 Å². The maximum absolute atomic E-state index is 2.20. The van der Waals surface area contributed by atoms with Crippen molar-refractivity contribution in [3.8, 4) is 0 Å². The highest BCUT2D eigenvalue weighted by atomic mass is 14.2. The van der Waals surface area contributed by atoms with Crippen molar-refractivity contribution >= 4 is 0 Å². The molecule has 0 bridgehead atoms. The van der Waals surface area contributed by atoms with E-state index >= 15 is 0 Å². The first-order valence-electron chi connectivity index (χ1n) is 2.71. The van der Waals surface area contributed by atoms with Crippen molar-refractivity contribution < 1.29 is 0 Å². The van der Waals surface area contributed by atoms with Crippen LogP contribution in [0.5, 0.6) is 0 Å². The van der Waals surface area contributed by atoms with E-state index in [1.165, 1.54) is 12.0 Å². The molecule has 0 aromatic heterocycles. The van der Waals surface area contributed by atoms with E-state index < -0.39 is 0 Å². The van der Waals surface area contributed by atoms with Gasteiger partial charge >= 0.3 is 0 Å². The average molecular weight is 95.2 g/mol. The topological polar surface area (TPSA) is 0 Å². The van der Waals surface area contributed by atoms with Crippen molar-refractivity contribution in [1.29, 1.82) is 0 Å². The van der Waals surface area contributed by atoms with E-state index in [2.05, 4.69) is 20.8 Å². The minimum absolute atomic E-state index is 1.26. The monoisotopic (exact) mass is 95.1 g/mol. The van der Waals surface area contributed by atoms with Gasteiger partial charge in [0.2, 0.25) is 0 Å². The van der Waals surface area contributed by atoms with Gasteiger partial charge in [0, 0.05) is 5.92 Å². The molecule has 0 saturated heterocycles. The summed E-state index contributed by atoms with van der Waals surface area (Å²) in [5.41, 5.74) is 3.09. The fraction of sp³-hybridized carbons (Fsp3) is 0.571. The highest BCUT2D eigenvalue weighted by Crippen LogP contribution is 2.34. The standard InChI is InChI=1S/C7H11/c1-5-4-6(2)7(5)3/h4H2,1-3H3. The highest BCUT2D eigenvalue weighted by Gasteiger charge is 2.17. The molecule has 39 valence electrons. The lowest BCUT2D eigenvalue weighted by Crippen LogP contribution is -2.07. The van der Waals surface area contributed by atoms with Crippen LogP contribution in [0.1, 0.15) is 27.2 Å². The Labute approximate surface area is 45.2 Å². The average Bonchev–Trinajstić information content (AvgIpc) is 1.68. The van der Waals surface area contributed by atoms with Gasteiger partial charge in [-0.15, -0.1) is 0 Å². The molecule has 0 aliphatic heterocycles. The molecule has 0 aromatic rings. The minimum atomic E-state index is 1.26. The van der Waals surface area contributed by atoms with Crippen LogP contribution < -0.4 is 0 Å². The van der Waals surface area contributed by atoms with Crippen LogP contribution in [-0.4, -0.2) is 0 Å². The maximum atomic E-state index is 2.20. The lowest BCUT2D eigenvalue weighted by Gasteiger charge is -2.24. The van der Waals surface area contributed by atoms with E-state index in [1.54, 1.807) is 11.5 Å². The molecule has 0 heteroatoms. The van der Waals surface area contributed by atoms with Crippen molar-refractivity contribution in [2.75, 3.05) is 0 Å². The first-order valence-corrected chi connectivity index (χ1v) is 2.71. The summed E-state index contributed by atoms with van der Waals surface area (Å²) in [5, 5.41) is 0. The van der Waals surface area contributed by atoms with Crippen LogP contribution in [0.3, 0.4) is 0 Å². The van der Waals surface area contributed by atoms with E-state index in [0.29, 0.717) is 0 Å². The van der Waals surface area contributed by atoms with Gasteiger partial charge in [0.05, 0.1) is 0 Å². The van der Waals surface area contributed by atoms with Crippen LogP contribution in [0.25, 0.3) is 0 Å². The molecular formula is C7H11. The van der Waals surface area contributed by atoms with Crippen molar-refractivity contribution in [2.24, 2.45) is 0 Å². The second-order valence-electron chi connectivity index (χ2n) is 2.36. The highest BCUT2D eigenvalue weighted by molar-refractivity contribution is 5.38. The Morgan fingerprint density at radius 1 is 1.14 bits per heavy atom. The molecule has 0 fully saturated rings. The van der Waals surface area contributed by atoms with E-state index in [4.69, 9.17) is 0 Å². The van der Waals surface area contributed by atoms with Gasteiger partial charge in [-0.05, 0) is 20.3 Å². The van der Waals surface area contributed by atoms with E-state index in [9.17, 15) is 0 Å². The van der Waals surface area contributed by atoms with E-state index in [1.807, 2.05) is 0 Å². The van der Waals surface area contributed by atoms with E-state index in [0.717, 1.165) is 0 Å². The van der Waals surface area contributed by atoms with Crippen LogP contribution in [0.2, 0.25) is 0 Å². The smallest absolute Gasteiger partial charge is 0.00145 e. The maximum Gasteiger partial charge on any atom is 0.00145 e. The molecule has 0 heterocycles. The van der Waals surface area contributed by atoms with Crippen LogP contribution in [0.15, 0.2) is 11.1 Å². The molecule has 0 nitrogen and oxygen atoms in total. The Morgan fingerprint density at radius 3 is 1.71 bits per heavy atom. The predicted molar refractivity (Wildman–Crippen MR) is 31.9 cm³/mol. The summed E-state index contributed by atoms with van der Waals surface area (Å²) in [7, 11) is 0. The van der Waals surface area contributed by atoms with Gasteiger partial charge in [0.15, 0.2) is 0 Å². The summed E-state index contributed by atoms with van der Waals surface area (Å²) >= 11 is 0. The molecule has 7 heavy (non-hydrogen) atoms. The summed E-state index contributed by atoms with van der Waals surface area (Å²) in [4.78, 5) is 0. The Balaban J connectivity index is 2.65. The zero-order valence-corrected chi connectivity index (χ0v) is 5.21. The molecule has 0 atom stereocenters. The van der Waals surface area contributed by atoms with Crippen molar-refractivity contribution in [3.05, 3.63) is 17.1 Å². The second kappa shape index (κ2) is 1.36. The summed E-state index contributed by atoms with van der Waals surface area (Å²) < 4.78 is 0. The van der Waals surface area contributed by atoms with Gasteiger partial charge in [-0.2, -0.15) is 0 Å².